The summed E-state index contributed by atoms with van der Waals surface area (Å²) in [6, 6.07) is 15.7. The second kappa shape index (κ2) is 8.73. The van der Waals surface area contributed by atoms with E-state index in [2.05, 4.69) is 46.9 Å². The molecule has 1 amide bonds. The number of anilines is 2. The van der Waals surface area contributed by atoms with Gasteiger partial charge in [-0.25, -0.2) is 0 Å². The third-order valence-corrected chi connectivity index (χ3v) is 4.11. The number of carbonyl (C=O) groups is 1. The first kappa shape index (κ1) is 18.3. The van der Waals surface area contributed by atoms with Gasteiger partial charge < -0.3 is 15.0 Å². The van der Waals surface area contributed by atoms with Gasteiger partial charge in [0, 0.05) is 28.4 Å². The van der Waals surface area contributed by atoms with Crippen molar-refractivity contribution in [1.29, 1.82) is 0 Å². The molecule has 24 heavy (non-hydrogen) atoms. The van der Waals surface area contributed by atoms with E-state index in [9.17, 15) is 4.79 Å². The van der Waals surface area contributed by atoms with E-state index in [0.29, 0.717) is 11.8 Å². The Bertz CT molecular complexity index is 671. The van der Waals surface area contributed by atoms with Crippen LogP contribution in [0.25, 0.3) is 0 Å². The molecule has 5 heteroatoms. The number of benzene rings is 2. The van der Waals surface area contributed by atoms with Gasteiger partial charge in [-0.2, -0.15) is 0 Å². The number of amides is 1. The summed E-state index contributed by atoms with van der Waals surface area (Å²) in [4.78, 5) is 14.3. The first-order chi connectivity index (χ1) is 11.5. The predicted octanol–water partition coefficient (Wildman–Crippen LogP) is 4.70. The predicted molar refractivity (Wildman–Crippen MR) is 103 cm³/mol. The number of halogens is 1. The van der Waals surface area contributed by atoms with Crippen LogP contribution in [-0.2, 0) is 4.79 Å². The maximum atomic E-state index is 12.0. The van der Waals surface area contributed by atoms with E-state index >= 15 is 0 Å². The molecular weight excluding hydrogens is 368 g/mol. The molecule has 0 aliphatic carbocycles. The molecule has 2 rings (SSSR count). The average molecular weight is 391 g/mol. The van der Waals surface area contributed by atoms with Crippen molar-refractivity contribution in [3.05, 3.63) is 53.0 Å². The quantitative estimate of drug-likeness (QED) is 0.744. The van der Waals surface area contributed by atoms with Gasteiger partial charge in [0.1, 0.15) is 5.75 Å². The van der Waals surface area contributed by atoms with Crippen molar-refractivity contribution in [2.24, 2.45) is 0 Å². The van der Waals surface area contributed by atoms with E-state index < -0.39 is 0 Å². The largest absolute Gasteiger partial charge is 0.484 e. The molecule has 0 fully saturated rings. The van der Waals surface area contributed by atoms with E-state index in [4.69, 9.17) is 4.74 Å². The second-order valence-corrected chi connectivity index (χ2v) is 6.64. The fourth-order valence-electron chi connectivity index (χ4n) is 2.48. The molecule has 0 heterocycles. The molecular formula is C19H23BrN2O2. The van der Waals surface area contributed by atoms with E-state index in [1.165, 1.54) is 0 Å². The summed E-state index contributed by atoms with van der Waals surface area (Å²) in [5, 5.41) is 2.85. The highest BCUT2D eigenvalue weighted by atomic mass is 79.9. The number of ether oxygens (including phenoxy) is 1. The van der Waals surface area contributed by atoms with Crippen molar-refractivity contribution in [3.63, 3.8) is 0 Å². The average Bonchev–Trinajstić information content (AvgIpc) is 2.55. The third kappa shape index (κ3) is 5.27. The van der Waals surface area contributed by atoms with Crippen molar-refractivity contribution >= 4 is 33.2 Å². The lowest BCUT2D eigenvalue weighted by atomic mass is 10.2. The van der Waals surface area contributed by atoms with E-state index in [1.807, 2.05) is 48.5 Å². The Morgan fingerprint density at radius 3 is 2.50 bits per heavy atom. The molecule has 0 aliphatic rings. The van der Waals surface area contributed by atoms with Gasteiger partial charge in [0.2, 0.25) is 0 Å². The molecule has 0 saturated heterocycles. The van der Waals surface area contributed by atoms with Gasteiger partial charge in [0.15, 0.2) is 6.61 Å². The Morgan fingerprint density at radius 2 is 1.92 bits per heavy atom. The number of hydrogen-bond acceptors (Lipinski definition) is 3. The molecule has 0 spiro atoms. The minimum absolute atomic E-state index is 0.0225. The Hall–Kier alpha value is -2.01. The lowest BCUT2D eigenvalue weighted by Gasteiger charge is -2.27. The Balaban J connectivity index is 1.90. The minimum atomic E-state index is -0.182. The first-order valence-corrected chi connectivity index (χ1v) is 8.84. The zero-order valence-electron chi connectivity index (χ0n) is 14.3. The number of carbonyl (C=O) groups excluding carboxylic acids is 1. The molecule has 128 valence electrons. The van der Waals surface area contributed by atoms with Crippen LogP contribution in [0.2, 0.25) is 0 Å². The Morgan fingerprint density at radius 1 is 1.21 bits per heavy atom. The van der Waals surface area contributed by atoms with E-state index in [-0.39, 0.29) is 12.5 Å². The summed E-state index contributed by atoms with van der Waals surface area (Å²) in [5.41, 5.74) is 1.91. The number of nitrogens with one attached hydrogen (secondary N) is 1. The maximum Gasteiger partial charge on any atom is 0.262 e. The van der Waals surface area contributed by atoms with Gasteiger partial charge in [0.25, 0.3) is 5.91 Å². The fourth-order valence-corrected chi connectivity index (χ4v) is 2.86. The van der Waals surface area contributed by atoms with Crippen molar-refractivity contribution in [1.82, 2.24) is 0 Å². The van der Waals surface area contributed by atoms with Crippen LogP contribution in [0.5, 0.6) is 5.75 Å². The van der Waals surface area contributed by atoms with Crippen LogP contribution in [0.15, 0.2) is 53.0 Å². The molecule has 0 saturated carbocycles. The third-order valence-electron chi connectivity index (χ3n) is 3.61. The standard InChI is InChI=1S/C19H23BrN2O2/c1-4-22(14(2)3)17-10-8-16(9-11-17)21-19(23)13-24-18-7-5-6-15(20)12-18/h5-12,14H,4,13H2,1-3H3,(H,21,23). The van der Waals surface area contributed by atoms with Gasteiger partial charge in [-0.05, 0) is 63.2 Å². The molecule has 2 aromatic rings. The number of nitrogens with zero attached hydrogens (tertiary/aromatic N) is 1. The summed E-state index contributed by atoms with van der Waals surface area (Å²) >= 11 is 3.37. The Labute approximate surface area is 151 Å². The fraction of sp³-hybridized carbons (Fsp3) is 0.316. The Kier molecular flexibility index (Phi) is 6.67. The van der Waals surface area contributed by atoms with Crippen LogP contribution in [0.1, 0.15) is 20.8 Å². The van der Waals surface area contributed by atoms with Crippen molar-refractivity contribution in [3.8, 4) is 5.75 Å². The molecule has 0 bridgehead atoms. The SMILES string of the molecule is CCN(c1ccc(NC(=O)COc2cccc(Br)c2)cc1)C(C)C. The topological polar surface area (TPSA) is 41.6 Å². The van der Waals surface area contributed by atoms with Crippen molar-refractivity contribution in [2.75, 3.05) is 23.4 Å². The van der Waals surface area contributed by atoms with Gasteiger partial charge in [-0.1, -0.05) is 22.0 Å². The lowest BCUT2D eigenvalue weighted by molar-refractivity contribution is -0.118. The smallest absolute Gasteiger partial charge is 0.262 e. The van der Waals surface area contributed by atoms with Gasteiger partial charge in [0.05, 0.1) is 0 Å². The van der Waals surface area contributed by atoms with Gasteiger partial charge in [-0.3, -0.25) is 4.79 Å². The number of hydrogen-bond donors (Lipinski definition) is 1. The molecule has 0 radical (unpaired) electrons. The molecule has 0 aromatic heterocycles. The summed E-state index contributed by atoms with van der Waals surface area (Å²) < 4.78 is 6.40. The molecule has 0 atom stereocenters. The zero-order chi connectivity index (χ0) is 17.5. The highest BCUT2D eigenvalue weighted by Crippen LogP contribution is 2.20. The summed E-state index contributed by atoms with van der Waals surface area (Å²) in [5.74, 6) is 0.476. The summed E-state index contributed by atoms with van der Waals surface area (Å²) in [6.45, 7) is 7.39. The van der Waals surface area contributed by atoms with Crippen molar-refractivity contribution in [2.45, 2.75) is 26.8 Å². The van der Waals surface area contributed by atoms with Crippen LogP contribution < -0.4 is 15.0 Å². The molecule has 4 nitrogen and oxygen atoms in total. The lowest BCUT2D eigenvalue weighted by Crippen LogP contribution is -2.30. The second-order valence-electron chi connectivity index (χ2n) is 5.72. The molecule has 1 N–H and O–H groups in total. The monoisotopic (exact) mass is 390 g/mol. The van der Waals surface area contributed by atoms with Crippen LogP contribution in [0.3, 0.4) is 0 Å². The van der Waals surface area contributed by atoms with Crippen LogP contribution in [0, 0.1) is 0 Å². The van der Waals surface area contributed by atoms with Gasteiger partial charge >= 0.3 is 0 Å². The molecule has 0 unspecified atom stereocenters. The highest BCUT2D eigenvalue weighted by molar-refractivity contribution is 9.10. The zero-order valence-corrected chi connectivity index (χ0v) is 15.8. The first-order valence-electron chi connectivity index (χ1n) is 8.04. The summed E-state index contributed by atoms with van der Waals surface area (Å²) in [6.07, 6.45) is 0. The van der Waals surface area contributed by atoms with Crippen LogP contribution in [-0.4, -0.2) is 25.1 Å². The van der Waals surface area contributed by atoms with E-state index in [0.717, 1.165) is 22.4 Å². The highest BCUT2D eigenvalue weighted by Gasteiger charge is 2.09. The van der Waals surface area contributed by atoms with E-state index in [1.54, 1.807) is 0 Å². The normalized spacial score (nSPS) is 10.5. The van der Waals surface area contributed by atoms with Crippen LogP contribution >= 0.6 is 15.9 Å². The molecule has 2 aromatic carbocycles. The number of rotatable bonds is 7. The minimum Gasteiger partial charge on any atom is -0.484 e. The van der Waals surface area contributed by atoms with Gasteiger partial charge in [-0.15, -0.1) is 0 Å². The van der Waals surface area contributed by atoms with Crippen LogP contribution in [0.4, 0.5) is 11.4 Å². The summed E-state index contributed by atoms with van der Waals surface area (Å²) in [7, 11) is 0. The molecule has 0 aliphatic heterocycles. The van der Waals surface area contributed by atoms with Crippen molar-refractivity contribution < 1.29 is 9.53 Å². The maximum absolute atomic E-state index is 12.0.